The second-order valence-corrected chi connectivity index (χ2v) is 6.25. The van der Waals surface area contributed by atoms with Gasteiger partial charge in [0.2, 0.25) is 0 Å². The molecule has 0 bridgehead atoms. The number of aryl methyl sites for hydroxylation is 1. The fourth-order valence-corrected chi connectivity index (χ4v) is 2.42. The van der Waals surface area contributed by atoms with Crippen LogP contribution in [0.4, 0.5) is 4.79 Å². The number of rotatable bonds is 4. The van der Waals surface area contributed by atoms with Gasteiger partial charge in [0.1, 0.15) is 0 Å². The predicted molar refractivity (Wildman–Crippen MR) is 67.6 cm³/mol. The molecule has 98 valence electrons. The van der Waals surface area contributed by atoms with Gasteiger partial charge in [-0.05, 0) is 37.8 Å². The van der Waals surface area contributed by atoms with E-state index < -0.39 is 16.1 Å². The molecule has 1 aromatic carbocycles. The number of amides is 2. The van der Waals surface area contributed by atoms with Crippen molar-refractivity contribution in [2.45, 2.75) is 24.7 Å². The standard InChI is InChI=1S/C12H16N2O3S/c1-9-2-6-11(7-3-9)18(16,17)14-12(15)13-8-10-4-5-10/h2-3,6-7,10H,4-5,8H2,1H3,(H2,13,14,15). The third-order valence-corrected chi connectivity index (χ3v) is 4.15. The van der Waals surface area contributed by atoms with Crippen molar-refractivity contribution in [1.82, 2.24) is 10.0 Å². The highest BCUT2D eigenvalue weighted by atomic mass is 32.2. The van der Waals surface area contributed by atoms with Gasteiger partial charge in [0, 0.05) is 6.54 Å². The lowest BCUT2D eigenvalue weighted by Gasteiger charge is -2.08. The highest BCUT2D eigenvalue weighted by Gasteiger charge is 2.23. The quantitative estimate of drug-likeness (QED) is 0.866. The lowest BCUT2D eigenvalue weighted by atomic mass is 10.2. The summed E-state index contributed by atoms with van der Waals surface area (Å²) in [5.41, 5.74) is 0.965. The van der Waals surface area contributed by atoms with Crippen molar-refractivity contribution in [1.29, 1.82) is 0 Å². The van der Waals surface area contributed by atoms with Gasteiger partial charge in [0.15, 0.2) is 0 Å². The van der Waals surface area contributed by atoms with E-state index in [9.17, 15) is 13.2 Å². The fraction of sp³-hybridized carbons (Fsp3) is 0.417. The van der Waals surface area contributed by atoms with Gasteiger partial charge in [0.05, 0.1) is 4.90 Å². The van der Waals surface area contributed by atoms with Crippen molar-refractivity contribution in [2.24, 2.45) is 5.92 Å². The van der Waals surface area contributed by atoms with Crippen LogP contribution >= 0.6 is 0 Å². The van der Waals surface area contributed by atoms with E-state index in [-0.39, 0.29) is 4.90 Å². The molecule has 18 heavy (non-hydrogen) atoms. The van der Waals surface area contributed by atoms with Gasteiger partial charge in [0.25, 0.3) is 10.0 Å². The van der Waals surface area contributed by atoms with Crippen LogP contribution in [0.3, 0.4) is 0 Å². The zero-order valence-electron chi connectivity index (χ0n) is 10.1. The Balaban J connectivity index is 1.97. The molecule has 1 fully saturated rings. The van der Waals surface area contributed by atoms with Crippen LogP contribution in [-0.2, 0) is 10.0 Å². The van der Waals surface area contributed by atoms with E-state index in [2.05, 4.69) is 5.32 Å². The zero-order chi connectivity index (χ0) is 13.2. The highest BCUT2D eigenvalue weighted by Crippen LogP contribution is 2.27. The second kappa shape index (κ2) is 4.97. The minimum absolute atomic E-state index is 0.0923. The normalized spacial score (nSPS) is 15.2. The van der Waals surface area contributed by atoms with Gasteiger partial charge in [-0.1, -0.05) is 17.7 Å². The number of sulfonamides is 1. The van der Waals surface area contributed by atoms with E-state index in [4.69, 9.17) is 0 Å². The van der Waals surface area contributed by atoms with Crippen molar-refractivity contribution in [3.05, 3.63) is 29.8 Å². The molecule has 2 N–H and O–H groups in total. The molecular weight excluding hydrogens is 252 g/mol. The number of hydrogen-bond donors (Lipinski definition) is 2. The van der Waals surface area contributed by atoms with E-state index in [0.717, 1.165) is 18.4 Å². The number of carbonyl (C=O) groups excluding carboxylic acids is 1. The molecule has 0 radical (unpaired) electrons. The minimum atomic E-state index is -3.77. The Morgan fingerprint density at radius 1 is 1.28 bits per heavy atom. The first-order valence-electron chi connectivity index (χ1n) is 5.85. The summed E-state index contributed by atoms with van der Waals surface area (Å²) in [6.07, 6.45) is 2.20. The van der Waals surface area contributed by atoms with Crippen LogP contribution in [0.5, 0.6) is 0 Å². The number of carbonyl (C=O) groups is 1. The Labute approximate surface area is 107 Å². The molecule has 0 heterocycles. The van der Waals surface area contributed by atoms with Gasteiger partial charge >= 0.3 is 6.03 Å². The molecule has 1 aliphatic rings. The Morgan fingerprint density at radius 3 is 2.44 bits per heavy atom. The van der Waals surface area contributed by atoms with Gasteiger partial charge in [-0.3, -0.25) is 0 Å². The maximum Gasteiger partial charge on any atom is 0.328 e. The van der Waals surface area contributed by atoms with Crippen molar-refractivity contribution < 1.29 is 13.2 Å². The van der Waals surface area contributed by atoms with E-state index in [1.54, 1.807) is 12.1 Å². The molecule has 0 spiro atoms. The van der Waals surface area contributed by atoms with Crippen LogP contribution < -0.4 is 10.0 Å². The molecular formula is C12H16N2O3S. The Bertz CT molecular complexity index is 533. The number of hydrogen-bond acceptors (Lipinski definition) is 3. The first-order valence-corrected chi connectivity index (χ1v) is 7.33. The molecule has 1 saturated carbocycles. The van der Waals surface area contributed by atoms with Crippen LogP contribution in [0.15, 0.2) is 29.2 Å². The van der Waals surface area contributed by atoms with Crippen LogP contribution in [0.2, 0.25) is 0 Å². The fourth-order valence-electron chi connectivity index (χ4n) is 1.49. The lowest BCUT2D eigenvalue weighted by molar-refractivity contribution is 0.245. The molecule has 0 saturated heterocycles. The molecule has 0 aliphatic heterocycles. The third-order valence-electron chi connectivity index (χ3n) is 2.81. The average Bonchev–Trinajstić information content (AvgIpc) is 3.10. The van der Waals surface area contributed by atoms with Gasteiger partial charge < -0.3 is 5.32 Å². The summed E-state index contributed by atoms with van der Waals surface area (Å²) >= 11 is 0. The van der Waals surface area contributed by atoms with E-state index in [1.165, 1.54) is 12.1 Å². The van der Waals surface area contributed by atoms with Crippen LogP contribution in [0, 0.1) is 12.8 Å². The molecule has 1 aromatic rings. The average molecular weight is 268 g/mol. The van der Waals surface area contributed by atoms with E-state index in [0.29, 0.717) is 12.5 Å². The van der Waals surface area contributed by atoms with Gasteiger partial charge in [-0.15, -0.1) is 0 Å². The molecule has 0 atom stereocenters. The van der Waals surface area contributed by atoms with Crippen LogP contribution in [0.1, 0.15) is 18.4 Å². The molecule has 6 heteroatoms. The largest absolute Gasteiger partial charge is 0.337 e. The molecule has 0 unspecified atom stereocenters. The van der Waals surface area contributed by atoms with Crippen LogP contribution in [-0.4, -0.2) is 21.0 Å². The first kappa shape index (κ1) is 12.9. The summed E-state index contributed by atoms with van der Waals surface area (Å²) in [5, 5.41) is 2.55. The molecule has 0 aromatic heterocycles. The first-order chi connectivity index (χ1) is 8.47. The zero-order valence-corrected chi connectivity index (χ0v) is 11.0. The summed E-state index contributed by atoms with van der Waals surface area (Å²) in [5.74, 6) is 0.512. The summed E-state index contributed by atoms with van der Waals surface area (Å²) in [6.45, 7) is 2.40. The van der Waals surface area contributed by atoms with Crippen molar-refractivity contribution in [2.75, 3.05) is 6.54 Å². The molecule has 2 rings (SSSR count). The number of urea groups is 1. The maximum atomic E-state index is 11.8. The monoisotopic (exact) mass is 268 g/mol. The summed E-state index contributed by atoms with van der Waals surface area (Å²) in [6, 6.07) is 5.67. The molecule has 5 nitrogen and oxygen atoms in total. The van der Waals surface area contributed by atoms with Gasteiger partial charge in [-0.25, -0.2) is 17.9 Å². The van der Waals surface area contributed by atoms with Gasteiger partial charge in [-0.2, -0.15) is 0 Å². The summed E-state index contributed by atoms with van der Waals surface area (Å²) < 4.78 is 25.7. The van der Waals surface area contributed by atoms with Crippen molar-refractivity contribution >= 4 is 16.1 Å². The SMILES string of the molecule is Cc1ccc(S(=O)(=O)NC(=O)NCC2CC2)cc1. The Kier molecular flexibility index (Phi) is 3.56. The highest BCUT2D eigenvalue weighted by molar-refractivity contribution is 7.90. The lowest BCUT2D eigenvalue weighted by Crippen LogP contribution is -2.40. The Morgan fingerprint density at radius 2 is 1.89 bits per heavy atom. The predicted octanol–water partition coefficient (Wildman–Crippen LogP) is 1.39. The molecule has 2 amide bonds. The van der Waals surface area contributed by atoms with E-state index >= 15 is 0 Å². The minimum Gasteiger partial charge on any atom is -0.337 e. The van der Waals surface area contributed by atoms with Crippen molar-refractivity contribution in [3.63, 3.8) is 0 Å². The van der Waals surface area contributed by atoms with Crippen LogP contribution in [0.25, 0.3) is 0 Å². The number of benzene rings is 1. The topological polar surface area (TPSA) is 75.3 Å². The smallest absolute Gasteiger partial charge is 0.328 e. The second-order valence-electron chi connectivity index (χ2n) is 4.57. The van der Waals surface area contributed by atoms with E-state index in [1.807, 2.05) is 11.6 Å². The third kappa shape index (κ3) is 3.46. The molecule has 1 aliphatic carbocycles. The Hall–Kier alpha value is -1.56. The summed E-state index contributed by atoms with van der Waals surface area (Å²) in [4.78, 5) is 11.5. The summed E-state index contributed by atoms with van der Waals surface area (Å²) in [7, 11) is -3.77. The number of nitrogens with one attached hydrogen (secondary N) is 2. The maximum absolute atomic E-state index is 11.8. The van der Waals surface area contributed by atoms with Crippen molar-refractivity contribution in [3.8, 4) is 0 Å².